The summed E-state index contributed by atoms with van der Waals surface area (Å²) >= 11 is 0. The maximum absolute atomic E-state index is 3.37. The van der Waals surface area contributed by atoms with E-state index < -0.39 is 0 Å². The molecule has 1 aromatic carbocycles. The van der Waals surface area contributed by atoms with E-state index in [1.54, 1.807) is 0 Å². The Kier molecular flexibility index (Phi) is 1.16. The average Bonchev–Trinajstić information content (AvgIpc) is 2.36. The molecule has 1 heteroatoms. The molecule has 1 aliphatic rings. The standard InChI is InChI=1S/C9H11N.H2/c1-7-3-2-4-8-5-6-10-9(7)8;/h2-4,10H,5-6H2,1H3;1H. The Morgan fingerprint density at radius 2 is 2.40 bits per heavy atom. The minimum atomic E-state index is 0. The van der Waals surface area contributed by atoms with Crippen molar-refractivity contribution in [3.05, 3.63) is 29.3 Å². The van der Waals surface area contributed by atoms with Crippen molar-refractivity contribution in [3.8, 4) is 0 Å². The summed E-state index contributed by atoms with van der Waals surface area (Å²) in [5.41, 5.74) is 4.21. The Labute approximate surface area is 62.6 Å². The largest absolute Gasteiger partial charge is 0.384 e. The van der Waals surface area contributed by atoms with Crippen molar-refractivity contribution in [2.75, 3.05) is 11.9 Å². The van der Waals surface area contributed by atoms with E-state index in [0.29, 0.717) is 0 Å². The predicted molar refractivity (Wildman–Crippen MR) is 45.5 cm³/mol. The Morgan fingerprint density at radius 1 is 1.50 bits per heavy atom. The van der Waals surface area contributed by atoms with Gasteiger partial charge in [-0.1, -0.05) is 18.2 Å². The molecule has 0 saturated carbocycles. The number of benzene rings is 1. The third-order valence-corrected chi connectivity index (χ3v) is 2.06. The van der Waals surface area contributed by atoms with E-state index in [1.165, 1.54) is 23.2 Å². The number of hydrogen-bond acceptors (Lipinski definition) is 1. The summed E-state index contributed by atoms with van der Waals surface area (Å²) in [6, 6.07) is 6.47. The lowest BCUT2D eigenvalue weighted by Crippen LogP contribution is -1.92. The average molecular weight is 135 g/mol. The zero-order valence-corrected chi connectivity index (χ0v) is 6.15. The van der Waals surface area contributed by atoms with Gasteiger partial charge in [-0.25, -0.2) is 0 Å². The van der Waals surface area contributed by atoms with E-state index >= 15 is 0 Å². The van der Waals surface area contributed by atoms with Gasteiger partial charge in [0.05, 0.1) is 0 Å². The van der Waals surface area contributed by atoms with Crippen LogP contribution in [0.3, 0.4) is 0 Å². The summed E-state index contributed by atoms with van der Waals surface area (Å²) in [5, 5.41) is 3.37. The number of nitrogens with one attached hydrogen (secondary N) is 1. The summed E-state index contributed by atoms with van der Waals surface area (Å²) in [7, 11) is 0. The molecule has 1 aliphatic heterocycles. The SMILES string of the molecule is Cc1cccc2c1NCC2.[HH]. The Morgan fingerprint density at radius 3 is 3.20 bits per heavy atom. The third-order valence-electron chi connectivity index (χ3n) is 2.06. The Hall–Kier alpha value is -0.980. The maximum atomic E-state index is 3.37. The highest BCUT2D eigenvalue weighted by molar-refractivity contribution is 5.60. The van der Waals surface area contributed by atoms with Crippen LogP contribution in [-0.2, 0) is 6.42 Å². The first-order chi connectivity index (χ1) is 4.88. The molecule has 1 heterocycles. The summed E-state index contributed by atoms with van der Waals surface area (Å²) < 4.78 is 0. The number of rotatable bonds is 0. The molecule has 1 N–H and O–H groups in total. The van der Waals surface area contributed by atoms with Crippen LogP contribution in [0.1, 0.15) is 12.6 Å². The van der Waals surface area contributed by atoms with Crippen LogP contribution in [0.4, 0.5) is 5.69 Å². The molecule has 0 unspecified atom stereocenters. The fraction of sp³-hybridized carbons (Fsp3) is 0.333. The second-order valence-corrected chi connectivity index (χ2v) is 2.79. The van der Waals surface area contributed by atoms with Crippen molar-refractivity contribution in [2.45, 2.75) is 13.3 Å². The van der Waals surface area contributed by atoms with E-state index in [-0.39, 0.29) is 1.43 Å². The minimum Gasteiger partial charge on any atom is -0.384 e. The highest BCUT2D eigenvalue weighted by atomic mass is 14.9. The molecule has 54 valence electrons. The quantitative estimate of drug-likeness (QED) is 0.575. The van der Waals surface area contributed by atoms with Gasteiger partial charge >= 0.3 is 0 Å². The van der Waals surface area contributed by atoms with Gasteiger partial charge in [0.25, 0.3) is 0 Å². The predicted octanol–water partition coefficient (Wildman–Crippen LogP) is 2.21. The molecule has 10 heavy (non-hydrogen) atoms. The van der Waals surface area contributed by atoms with Gasteiger partial charge in [-0.05, 0) is 24.5 Å². The van der Waals surface area contributed by atoms with E-state index in [2.05, 4.69) is 30.4 Å². The van der Waals surface area contributed by atoms with Gasteiger partial charge in [-0.15, -0.1) is 0 Å². The van der Waals surface area contributed by atoms with Crippen LogP contribution in [0.15, 0.2) is 18.2 Å². The van der Waals surface area contributed by atoms with Crippen LogP contribution in [0.2, 0.25) is 0 Å². The molecule has 0 aromatic heterocycles. The van der Waals surface area contributed by atoms with Crippen LogP contribution >= 0.6 is 0 Å². The number of fused-ring (bicyclic) bond motifs is 1. The summed E-state index contributed by atoms with van der Waals surface area (Å²) in [6.07, 6.45) is 1.19. The molecule has 0 saturated heterocycles. The second kappa shape index (κ2) is 2.01. The van der Waals surface area contributed by atoms with E-state index in [4.69, 9.17) is 0 Å². The molecule has 0 aliphatic carbocycles. The smallest absolute Gasteiger partial charge is 0.0403 e. The first kappa shape index (κ1) is 5.78. The van der Waals surface area contributed by atoms with Crippen molar-refractivity contribution < 1.29 is 1.43 Å². The number of anilines is 1. The van der Waals surface area contributed by atoms with Crippen LogP contribution in [0.25, 0.3) is 0 Å². The van der Waals surface area contributed by atoms with Crippen LogP contribution in [-0.4, -0.2) is 6.54 Å². The normalized spacial score (nSPS) is 14.5. The number of para-hydroxylation sites is 1. The van der Waals surface area contributed by atoms with Crippen LogP contribution in [0.5, 0.6) is 0 Å². The second-order valence-electron chi connectivity index (χ2n) is 2.79. The lowest BCUT2D eigenvalue weighted by atomic mass is 10.1. The molecule has 1 nitrogen and oxygen atoms in total. The van der Waals surface area contributed by atoms with Gasteiger partial charge < -0.3 is 5.32 Å². The molecule has 0 spiro atoms. The lowest BCUT2D eigenvalue weighted by molar-refractivity contribution is 1.11. The molecule has 0 atom stereocenters. The van der Waals surface area contributed by atoms with Gasteiger partial charge in [0.2, 0.25) is 0 Å². The molecule has 1 aromatic rings. The van der Waals surface area contributed by atoms with Crippen molar-refractivity contribution in [2.24, 2.45) is 0 Å². The maximum Gasteiger partial charge on any atom is 0.0403 e. The van der Waals surface area contributed by atoms with E-state index in [9.17, 15) is 0 Å². The minimum absolute atomic E-state index is 0. The molecule has 0 bridgehead atoms. The van der Waals surface area contributed by atoms with Gasteiger partial charge in [0.15, 0.2) is 0 Å². The zero-order chi connectivity index (χ0) is 6.97. The van der Waals surface area contributed by atoms with Crippen molar-refractivity contribution in [1.82, 2.24) is 0 Å². The molecular weight excluding hydrogens is 122 g/mol. The Balaban J connectivity index is 0.000000605. The van der Waals surface area contributed by atoms with Crippen molar-refractivity contribution >= 4 is 5.69 Å². The van der Waals surface area contributed by atoms with Crippen molar-refractivity contribution in [1.29, 1.82) is 0 Å². The van der Waals surface area contributed by atoms with Gasteiger partial charge in [-0.2, -0.15) is 0 Å². The van der Waals surface area contributed by atoms with Gasteiger partial charge in [0, 0.05) is 13.7 Å². The Bertz CT molecular complexity index is 258. The van der Waals surface area contributed by atoms with Crippen LogP contribution in [0, 0.1) is 6.92 Å². The monoisotopic (exact) mass is 135 g/mol. The molecule has 2 rings (SSSR count). The van der Waals surface area contributed by atoms with Crippen LogP contribution < -0.4 is 5.32 Å². The highest BCUT2D eigenvalue weighted by Gasteiger charge is 2.09. The first-order valence-corrected chi connectivity index (χ1v) is 3.70. The molecule has 0 radical (unpaired) electrons. The summed E-state index contributed by atoms with van der Waals surface area (Å²) in [6.45, 7) is 3.26. The molecule has 0 amide bonds. The fourth-order valence-electron chi connectivity index (χ4n) is 1.51. The van der Waals surface area contributed by atoms with E-state index in [1.807, 2.05) is 0 Å². The zero-order valence-electron chi connectivity index (χ0n) is 6.15. The number of hydrogen-bond donors (Lipinski definition) is 1. The summed E-state index contributed by atoms with van der Waals surface area (Å²) in [4.78, 5) is 0. The van der Waals surface area contributed by atoms with E-state index in [0.717, 1.165) is 6.54 Å². The third kappa shape index (κ3) is 0.703. The van der Waals surface area contributed by atoms with Gasteiger partial charge in [-0.3, -0.25) is 0 Å². The molecular formula is C9H13N. The summed E-state index contributed by atoms with van der Waals surface area (Å²) in [5.74, 6) is 0. The first-order valence-electron chi connectivity index (χ1n) is 3.70. The van der Waals surface area contributed by atoms with Gasteiger partial charge in [0.1, 0.15) is 0 Å². The van der Waals surface area contributed by atoms with Crippen molar-refractivity contribution in [3.63, 3.8) is 0 Å². The lowest BCUT2D eigenvalue weighted by Gasteiger charge is -2.01. The topological polar surface area (TPSA) is 12.0 Å². The fourth-order valence-corrected chi connectivity index (χ4v) is 1.51. The number of aryl methyl sites for hydroxylation is 1. The molecule has 0 fully saturated rings. The highest BCUT2D eigenvalue weighted by Crippen LogP contribution is 2.24.